The fraction of sp³-hybridized carbons (Fsp3) is 0.136. The second-order valence-electron chi connectivity index (χ2n) is 7.60. The molecule has 34 heavy (non-hydrogen) atoms. The number of hydrogen-bond acceptors (Lipinski definition) is 8. The van der Waals surface area contributed by atoms with Crippen LogP contribution in [0.25, 0.3) is 16.6 Å². The van der Waals surface area contributed by atoms with Gasteiger partial charge in [0.25, 0.3) is 5.56 Å². The van der Waals surface area contributed by atoms with Gasteiger partial charge >= 0.3 is 0 Å². The van der Waals surface area contributed by atoms with Crippen molar-refractivity contribution in [2.24, 2.45) is 0 Å². The number of nitrogens with two attached hydrogens (primary N) is 2. The molecular weight excluding hydrogens is 480 g/mol. The highest BCUT2D eigenvalue weighted by Crippen LogP contribution is 2.27. The SMILES string of the molecule is CC(=O)c1c(N)nc(N)nc1NC(C)c1nc2cccc(Cl)c2c(=O)n1-c1cc(F)cc(P)c1. The number of halogens is 2. The van der Waals surface area contributed by atoms with Crippen LogP contribution in [0.15, 0.2) is 41.2 Å². The number of aromatic nitrogens is 4. The van der Waals surface area contributed by atoms with Gasteiger partial charge in [0.05, 0.1) is 27.7 Å². The summed E-state index contributed by atoms with van der Waals surface area (Å²) in [5.41, 5.74) is 11.8. The first-order valence-electron chi connectivity index (χ1n) is 10.0. The van der Waals surface area contributed by atoms with Crippen LogP contribution >= 0.6 is 20.8 Å². The molecule has 4 rings (SSSR count). The molecule has 0 aliphatic heterocycles. The highest BCUT2D eigenvalue weighted by Gasteiger charge is 2.23. The molecule has 0 spiro atoms. The monoisotopic (exact) mass is 499 g/mol. The molecule has 0 saturated carbocycles. The standard InChI is InChI=1S/C22H20ClFN7O2P/c1-9(27-19-16(10(2)32)18(25)29-22(26)30-19)20-28-15-5-3-4-14(23)17(15)21(33)31(20)12-6-11(24)7-13(34)8-12/h3-9H,34H2,1-2H3,(H5,25,26,27,29,30). The Hall–Kier alpha value is -3.62. The molecule has 2 aromatic heterocycles. The number of nitrogens with one attached hydrogen (secondary N) is 1. The lowest BCUT2D eigenvalue weighted by atomic mass is 10.1. The molecule has 2 heterocycles. The smallest absolute Gasteiger partial charge is 0.267 e. The molecule has 5 N–H and O–H groups in total. The maximum Gasteiger partial charge on any atom is 0.267 e. The molecule has 2 unspecified atom stereocenters. The van der Waals surface area contributed by atoms with Gasteiger partial charge in [-0.2, -0.15) is 9.97 Å². The van der Waals surface area contributed by atoms with Crippen LogP contribution in [0.3, 0.4) is 0 Å². The van der Waals surface area contributed by atoms with Crippen molar-refractivity contribution >= 4 is 60.4 Å². The average molecular weight is 500 g/mol. The van der Waals surface area contributed by atoms with Gasteiger partial charge in [-0.25, -0.2) is 9.37 Å². The molecular formula is C22H20ClFN7O2P. The van der Waals surface area contributed by atoms with Crippen molar-refractivity contribution in [3.63, 3.8) is 0 Å². The van der Waals surface area contributed by atoms with Gasteiger partial charge in [0.2, 0.25) is 5.95 Å². The van der Waals surface area contributed by atoms with Crippen molar-refractivity contribution in [2.45, 2.75) is 19.9 Å². The molecule has 2 atom stereocenters. The summed E-state index contributed by atoms with van der Waals surface area (Å²) in [6.07, 6.45) is 0. The molecule has 174 valence electrons. The summed E-state index contributed by atoms with van der Waals surface area (Å²) in [6, 6.07) is 8.35. The number of Topliss-reactive ketones (excluding diaryl/α,β-unsaturated/α-hetero) is 1. The van der Waals surface area contributed by atoms with Crippen LogP contribution in [0, 0.1) is 5.82 Å². The molecule has 0 aliphatic rings. The van der Waals surface area contributed by atoms with Gasteiger partial charge in [-0.1, -0.05) is 17.7 Å². The summed E-state index contributed by atoms with van der Waals surface area (Å²) >= 11 is 6.31. The minimum atomic E-state index is -0.709. The number of anilines is 3. The van der Waals surface area contributed by atoms with Gasteiger partial charge in [0.1, 0.15) is 28.8 Å². The normalized spacial score (nSPS) is 12.0. The van der Waals surface area contributed by atoms with Crippen molar-refractivity contribution in [2.75, 3.05) is 16.8 Å². The molecule has 12 heteroatoms. The lowest BCUT2D eigenvalue weighted by Gasteiger charge is -2.21. The van der Waals surface area contributed by atoms with E-state index >= 15 is 0 Å². The second-order valence-corrected chi connectivity index (χ2v) is 8.67. The van der Waals surface area contributed by atoms with E-state index in [2.05, 4.69) is 29.5 Å². The Morgan fingerprint density at radius 3 is 2.62 bits per heavy atom. The minimum absolute atomic E-state index is 0.0526. The zero-order valence-electron chi connectivity index (χ0n) is 18.1. The van der Waals surface area contributed by atoms with Crippen LogP contribution in [0.1, 0.15) is 36.1 Å². The zero-order valence-corrected chi connectivity index (χ0v) is 20.0. The van der Waals surface area contributed by atoms with E-state index in [1.54, 1.807) is 31.2 Å². The Bertz CT molecular complexity index is 1510. The molecule has 0 fully saturated rings. The Morgan fingerprint density at radius 2 is 1.94 bits per heavy atom. The second kappa shape index (κ2) is 8.96. The number of nitrogens with zero attached hydrogens (tertiary/aromatic N) is 4. The van der Waals surface area contributed by atoms with Gasteiger partial charge in [-0.15, -0.1) is 9.24 Å². The summed E-state index contributed by atoms with van der Waals surface area (Å²) in [5, 5.41) is 3.99. The lowest BCUT2D eigenvalue weighted by molar-refractivity contribution is 0.101. The van der Waals surface area contributed by atoms with Crippen LogP contribution in [0.5, 0.6) is 0 Å². The first-order chi connectivity index (χ1) is 16.1. The van der Waals surface area contributed by atoms with Crippen LogP contribution < -0.4 is 27.6 Å². The van der Waals surface area contributed by atoms with E-state index in [-0.39, 0.29) is 50.9 Å². The number of carbonyl (C=O) groups excluding carboxylic acids is 1. The molecule has 4 aromatic rings. The summed E-state index contributed by atoms with van der Waals surface area (Å²) in [5.74, 6) is -0.812. The molecule has 0 aliphatic carbocycles. The largest absolute Gasteiger partial charge is 0.383 e. The third-order valence-corrected chi connectivity index (χ3v) is 5.73. The Labute approximate surface area is 200 Å². The third kappa shape index (κ3) is 4.30. The highest BCUT2D eigenvalue weighted by molar-refractivity contribution is 7.27. The van der Waals surface area contributed by atoms with E-state index in [1.165, 1.54) is 23.6 Å². The molecule has 2 aromatic carbocycles. The Kier molecular flexibility index (Phi) is 6.20. The number of rotatable bonds is 5. The van der Waals surface area contributed by atoms with E-state index in [0.717, 1.165) is 0 Å². The van der Waals surface area contributed by atoms with Crippen molar-refractivity contribution in [1.29, 1.82) is 0 Å². The van der Waals surface area contributed by atoms with Crippen molar-refractivity contribution < 1.29 is 9.18 Å². The molecule has 0 bridgehead atoms. The van der Waals surface area contributed by atoms with Crippen molar-refractivity contribution in [3.8, 4) is 5.69 Å². The first-order valence-corrected chi connectivity index (χ1v) is 11.0. The molecule has 9 nitrogen and oxygen atoms in total. The average Bonchev–Trinajstić information content (AvgIpc) is 2.71. The third-order valence-electron chi connectivity index (χ3n) is 5.08. The molecule has 0 radical (unpaired) electrons. The maximum atomic E-state index is 14.3. The quantitative estimate of drug-likeness (QED) is 0.281. The predicted octanol–water partition coefficient (Wildman–Crippen LogP) is 3.01. The number of benzene rings is 2. The molecule has 0 saturated heterocycles. The maximum absolute atomic E-state index is 14.3. The van der Waals surface area contributed by atoms with Gasteiger partial charge in [0, 0.05) is 0 Å². The van der Waals surface area contributed by atoms with Crippen LogP contribution in [-0.2, 0) is 0 Å². The fourth-order valence-corrected chi connectivity index (χ4v) is 4.27. The van der Waals surface area contributed by atoms with Crippen LogP contribution in [0.2, 0.25) is 5.02 Å². The van der Waals surface area contributed by atoms with Gasteiger partial charge < -0.3 is 16.8 Å². The van der Waals surface area contributed by atoms with E-state index in [1.807, 2.05) is 0 Å². The number of ketones is 1. The lowest BCUT2D eigenvalue weighted by Crippen LogP contribution is -2.28. The predicted molar refractivity (Wildman–Crippen MR) is 135 cm³/mol. The minimum Gasteiger partial charge on any atom is -0.383 e. The van der Waals surface area contributed by atoms with E-state index in [4.69, 9.17) is 23.1 Å². The number of hydrogen-bond donors (Lipinski definition) is 3. The summed E-state index contributed by atoms with van der Waals surface area (Å²) < 4.78 is 15.5. The van der Waals surface area contributed by atoms with E-state index in [9.17, 15) is 14.0 Å². The summed E-state index contributed by atoms with van der Waals surface area (Å²) in [6.45, 7) is 3.02. The van der Waals surface area contributed by atoms with Gasteiger partial charge in [0.15, 0.2) is 5.78 Å². The Balaban J connectivity index is 1.97. The number of carbonyl (C=O) groups is 1. The first kappa shape index (κ1) is 23.5. The van der Waals surface area contributed by atoms with Gasteiger partial charge in [-0.3, -0.25) is 14.2 Å². The van der Waals surface area contributed by atoms with Gasteiger partial charge in [-0.05, 0) is 49.5 Å². The summed E-state index contributed by atoms with van der Waals surface area (Å²) in [4.78, 5) is 38.4. The molecule has 0 amide bonds. The van der Waals surface area contributed by atoms with E-state index < -0.39 is 17.4 Å². The van der Waals surface area contributed by atoms with Crippen molar-refractivity contribution in [1.82, 2.24) is 19.5 Å². The van der Waals surface area contributed by atoms with E-state index in [0.29, 0.717) is 10.8 Å². The topological polar surface area (TPSA) is 142 Å². The van der Waals surface area contributed by atoms with Crippen molar-refractivity contribution in [3.05, 3.63) is 69.0 Å². The van der Waals surface area contributed by atoms with Crippen LogP contribution in [-0.4, -0.2) is 25.3 Å². The van der Waals surface area contributed by atoms with Crippen LogP contribution in [0.4, 0.5) is 22.0 Å². The number of fused-ring (bicyclic) bond motifs is 1. The summed E-state index contributed by atoms with van der Waals surface area (Å²) in [7, 11) is 2.40. The zero-order chi connectivity index (χ0) is 24.7. The Morgan fingerprint density at radius 1 is 1.21 bits per heavy atom. The fourth-order valence-electron chi connectivity index (χ4n) is 3.69. The number of nitrogen functional groups attached to an aromatic ring is 2. The highest BCUT2D eigenvalue weighted by atomic mass is 35.5.